The standard InChI is InChI=1S/C21H25N3O2S/c1-15(21-22-18-10-5-6-11-19(18)27-21)24(3)20(25)14-23(2)13-16-8-7-9-17(12-16)26-4/h5-12,15H,13-14H2,1-4H3/t15-/m1/s1. The number of likely N-dealkylation sites (N-methyl/N-ethyl adjacent to an activating group) is 2. The maximum absolute atomic E-state index is 12.7. The predicted octanol–water partition coefficient (Wildman–Crippen LogP) is 3.96. The highest BCUT2D eigenvalue weighted by Crippen LogP contribution is 2.28. The van der Waals surface area contributed by atoms with E-state index in [4.69, 9.17) is 4.74 Å². The Bertz CT molecular complexity index is 891. The normalized spacial score (nSPS) is 12.3. The van der Waals surface area contributed by atoms with E-state index < -0.39 is 0 Å². The lowest BCUT2D eigenvalue weighted by molar-refractivity contribution is -0.132. The molecule has 0 N–H and O–H groups in total. The zero-order valence-electron chi connectivity index (χ0n) is 16.2. The van der Waals surface area contributed by atoms with Gasteiger partial charge in [-0.2, -0.15) is 0 Å². The second-order valence-corrected chi connectivity index (χ2v) is 7.79. The van der Waals surface area contributed by atoms with E-state index in [-0.39, 0.29) is 11.9 Å². The van der Waals surface area contributed by atoms with Crippen molar-refractivity contribution in [3.63, 3.8) is 0 Å². The molecule has 0 bridgehead atoms. The van der Waals surface area contributed by atoms with Crippen molar-refractivity contribution < 1.29 is 9.53 Å². The first-order chi connectivity index (χ1) is 13.0. The molecule has 3 rings (SSSR count). The fourth-order valence-corrected chi connectivity index (χ4v) is 3.99. The molecule has 0 aliphatic rings. The van der Waals surface area contributed by atoms with Crippen LogP contribution in [0.2, 0.25) is 0 Å². The highest BCUT2D eigenvalue weighted by atomic mass is 32.1. The van der Waals surface area contributed by atoms with Gasteiger partial charge in [0.25, 0.3) is 0 Å². The van der Waals surface area contributed by atoms with Gasteiger partial charge in [0.15, 0.2) is 0 Å². The van der Waals surface area contributed by atoms with Crippen LogP contribution in [0.25, 0.3) is 10.2 Å². The molecule has 142 valence electrons. The molecule has 1 heterocycles. The molecular formula is C21H25N3O2S. The predicted molar refractivity (Wildman–Crippen MR) is 110 cm³/mol. The summed E-state index contributed by atoms with van der Waals surface area (Å²) in [6.07, 6.45) is 0. The molecule has 0 radical (unpaired) electrons. The number of hydrogen-bond donors (Lipinski definition) is 0. The Morgan fingerprint density at radius 3 is 2.70 bits per heavy atom. The van der Waals surface area contributed by atoms with Gasteiger partial charge in [0.05, 0.1) is 29.9 Å². The van der Waals surface area contributed by atoms with Crippen LogP contribution in [-0.2, 0) is 11.3 Å². The highest BCUT2D eigenvalue weighted by Gasteiger charge is 2.21. The zero-order valence-corrected chi connectivity index (χ0v) is 17.0. The summed E-state index contributed by atoms with van der Waals surface area (Å²) in [6.45, 7) is 3.06. The Kier molecular flexibility index (Phi) is 6.08. The molecular weight excluding hydrogens is 358 g/mol. The van der Waals surface area contributed by atoms with Gasteiger partial charge in [-0.3, -0.25) is 9.69 Å². The monoisotopic (exact) mass is 383 g/mol. The molecule has 0 unspecified atom stereocenters. The van der Waals surface area contributed by atoms with Gasteiger partial charge in [0, 0.05) is 13.6 Å². The molecule has 27 heavy (non-hydrogen) atoms. The van der Waals surface area contributed by atoms with E-state index in [1.54, 1.807) is 23.3 Å². The van der Waals surface area contributed by atoms with Crippen molar-refractivity contribution in [3.05, 3.63) is 59.1 Å². The quantitative estimate of drug-likeness (QED) is 0.620. The Balaban J connectivity index is 1.62. The minimum atomic E-state index is -0.0554. The Hall–Kier alpha value is -2.44. The third-order valence-corrected chi connectivity index (χ3v) is 5.84. The molecule has 0 saturated heterocycles. The van der Waals surface area contributed by atoms with Crippen LogP contribution in [0.15, 0.2) is 48.5 Å². The van der Waals surface area contributed by atoms with E-state index in [0.717, 1.165) is 26.5 Å². The lowest BCUT2D eigenvalue weighted by Crippen LogP contribution is -2.37. The molecule has 5 nitrogen and oxygen atoms in total. The highest BCUT2D eigenvalue weighted by molar-refractivity contribution is 7.18. The maximum atomic E-state index is 12.7. The Morgan fingerprint density at radius 1 is 1.19 bits per heavy atom. The number of aromatic nitrogens is 1. The van der Waals surface area contributed by atoms with Crippen LogP contribution in [0.5, 0.6) is 5.75 Å². The second kappa shape index (κ2) is 8.50. The van der Waals surface area contributed by atoms with Gasteiger partial charge in [-0.05, 0) is 43.8 Å². The smallest absolute Gasteiger partial charge is 0.237 e. The Labute approximate surface area is 164 Å². The first-order valence-corrected chi connectivity index (χ1v) is 9.72. The second-order valence-electron chi connectivity index (χ2n) is 6.72. The number of methoxy groups -OCH3 is 1. The number of hydrogen-bond acceptors (Lipinski definition) is 5. The molecule has 2 aromatic carbocycles. The minimum absolute atomic E-state index is 0.0554. The molecule has 0 saturated carbocycles. The molecule has 1 aromatic heterocycles. The third kappa shape index (κ3) is 4.64. The number of ether oxygens (including phenoxy) is 1. The molecule has 0 spiro atoms. The van der Waals surface area contributed by atoms with Crippen LogP contribution < -0.4 is 4.74 Å². The topological polar surface area (TPSA) is 45.7 Å². The fourth-order valence-electron chi connectivity index (χ4n) is 2.93. The van der Waals surface area contributed by atoms with Crippen molar-refractivity contribution in [1.29, 1.82) is 0 Å². The lowest BCUT2D eigenvalue weighted by atomic mass is 10.2. The summed E-state index contributed by atoms with van der Waals surface area (Å²) < 4.78 is 6.41. The number of rotatable bonds is 7. The SMILES string of the molecule is COc1cccc(CN(C)CC(=O)N(C)[C@H](C)c2nc3ccccc3s2)c1. The van der Waals surface area contributed by atoms with Crippen molar-refractivity contribution in [1.82, 2.24) is 14.8 Å². The number of thiazole rings is 1. The van der Waals surface area contributed by atoms with Crippen molar-refractivity contribution in [2.45, 2.75) is 19.5 Å². The van der Waals surface area contributed by atoms with Crippen LogP contribution >= 0.6 is 11.3 Å². The summed E-state index contributed by atoms with van der Waals surface area (Å²) >= 11 is 1.64. The van der Waals surface area contributed by atoms with Gasteiger partial charge in [-0.25, -0.2) is 4.98 Å². The minimum Gasteiger partial charge on any atom is -0.497 e. The molecule has 3 aromatic rings. The van der Waals surface area contributed by atoms with E-state index in [9.17, 15) is 4.79 Å². The summed E-state index contributed by atoms with van der Waals surface area (Å²) in [4.78, 5) is 21.2. The molecule has 0 aliphatic heterocycles. The summed E-state index contributed by atoms with van der Waals surface area (Å²) in [7, 11) is 5.46. The first-order valence-electron chi connectivity index (χ1n) is 8.90. The van der Waals surface area contributed by atoms with Crippen molar-refractivity contribution in [2.24, 2.45) is 0 Å². The van der Waals surface area contributed by atoms with E-state index >= 15 is 0 Å². The van der Waals surface area contributed by atoms with Crippen molar-refractivity contribution >= 4 is 27.5 Å². The van der Waals surface area contributed by atoms with E-state index in [1.165, 1.54) is 0 Å². The summed E-state index contributed by atoms with van der Waals surface area (Å²) in [6, 6.07) is 15.9. The number of amides is 1. The average Bonchev–Trinajstić information content (AvgIpc) is 3.11. The largest absolute Gasteiger partial charge is 0.497 e. The summed E-state index contributed by atoms with van der Waals surface area (Å²) in [5, 5.41) is 0.961. The number of carbonyl (C=O) groups excluding carboxylic acids is 1. The van der Waals surface area contributed by atoms with E-state index in [1.807, 2.05) is 68.4 Å². The molecule has 1 atom stereocenters. The van der Waals surface area contributed by atoms with Gasteiger partial charge < -0.3 is 9.64 Å². The lowest BCUT2D eigenvalue weighted by Gasteiger charge is -2.26. The average molecular weight is 384 g/mol. The van der Waals surface area contributed by atoms with Crippen LogP contribution in [0.4, 0.5) is 0 Å². The number of benzene rings is 2. The molecule has 0 aliphatic carbocycles. The fraction of sp³-hybridized carbons (Fsp3) is 0.333. The van der Waals surface area contributed by atoms with Gasteiger partial charge in [0.2, 0.25) is 5.91 Å². The van der Waals surface area contributed by atoms with Crippen molar-refractivity contribution in [3.8, 4) is 5.75 Å². The van der Waals surface area contributed by atoms with Crippen LogP contribution in [-0.4, -0.2) is 48.4 Å². The van der Waals surface area contributed by atoms with E-state index in [0.29, 0.717) is 13.1 Å². The number of para-hydroxylation sites is 1. The molecule has 1 amide bonds. The number of nitrogens with zero attached hydrogens (tertiary/aromatic N) is 3. The van der Waals surface area contributed by atoms with Gasteiger partial charge >= 0.3 is 0 Å². The molecule has 6 heteroatoms. The van der Waals surface area contributed by atoms with Crippen molar-refractivity contribution in [2.75, 3.05) is 27.7 Å². The third-order valence-electron chi connectivity index (χ3n) is 4.63. The number of fused-ring (bicyclic) bond motifs is 1. The summed E-state index contributed by atoms with van der Waals surface area (Å²) in [5.41, 5.74) is 2.10. The van der Waals surface area contributed by atoms with Gasteiger partial charge in [-0.15, -0.1) is 11.3 Å². The van der Waals surface area contributed by atoms with Gasteiger partial charge in [0.1, 0.15) is 10.8 Å². The first kappa shape index (κ1) is 19.3. The number of carbonyl (C=O) groups is 1. The summed E-state index contributed by atoms with van der Waals surface area (Å²) in [5.74, 6) is 0.904. The molecule has 0 fully saturated rings. The zero-order chi connectivity index (χ0) is 19.4. The van der Waals surface area contributed by atoms with Crippen LogP contribution in [0, 0.1) is 0 Å². The Morgan fingerprint density at radius 2 is 1.96 bits per heavy atom. The van der Waals surface area contributed by atoms with Crippen LogP contribution in [0.3, 0.4) is 0 Å². The van der Waals surface area contributed by atoms with Crippen LogP contribution in [0.1, 0.15) is 23.5 Å². The maximum Gasteiger partial charge on any atom is 0.237 e. The van der Waals surface area contributed by atoms with E-state index in [2.05, 4.69) is 11.1 Å². The van der Waals surface area contributed by atoms with Gasteiger partial charge in [-0.1, -0.05) is 24.3 Å².